The minimum absolute atomic E-state index is 0.263. The molecule has 6 heteroatoms. The van der Waals surface area contributed by atoms with Crippen LogP contribution in [0.4, 0.5) is 14.5 Å². The molecule has 1 N–H and O–H groups in total. The normalized spacial score (nSPS) is 11.7. The Morgan fingerprint density at radius 3 is 2.30 bits per heavy atom. The van der Waals surface area contributed by atoms with Gasteiger partial charge in [-0.1, -0.05) is 30.3 Å². The monoisotopic (exact) mass is 385 g/mol. The fourth-order valence-corrected chi connectivity index (χ4v) is 3.52. The van der Waals surface area contributed by atoms with E-state index in [1.54, 1.807) is 31.4 Å². The minimum Gasteiger partial charge on any atom is -0.497 e. The maximum atomic E-state index is 13.6. The number of nitrogens with one attached hydrogen (secondary N) is 1. The van der Waals surface area contributed by atoms with Crippen molar-refractivity contribution in [2.75, 3.05) is 12.4 Å². The number of hydrogen-bond donors (Lipinski definition) is 1. The van der Waals surface area contributed by atoms with Crippen LogP contribution in [-0.2, 0) is 4.79 Å². The van der Waals surface area contributed by atoms with Crippen LogP contribution in [0, 0.1) is 11.6 Å². The van der Waals surface area contributed by atoms with Crippen LogP contribution in [0.15, 0.2) is 77.7 Å². The lowest BCUT2D eigenvalue weighted by atomic mass is 10.1. The minimum atomic E-state index is -0.942. The summed E-state index contributed by atoms with van der Waals surface area (Å²) in [6, 6.07) is 19.7. The van der Waals surface area contributed by atoms with E-state index in [0.717, 1.165) is 29.5 Å². The summed E-state index contributed by atoms with van der Waals surface area (Å²) < 4.78 is 31.9. The van der Waals surface area contributed by atoms with Gasteiger partial charge >= 0.3 is 0 Å². The second kappa shape index (κ2) is 8.68. The average molecular weight is 385 g/mol. The Bertz CT molecular complexity index is 917. The summed E-state index contributed by atoms with van der Waals surface area (Å²) in [5.74, 6) is -1.44. The highest BCUT2D eigenvalue weighted by atomic mass is 32.2. The zero-order valence-electron chi connectivity index (χ0n) is 14.5. The Hall–Kier alpha value is -2.86. The molecule has 3 rings (SSSR count). The van der Waals surface area contributed by atoms with Gasteiger partial charge in [0.1, 0.15) is 11.0 Å². The maximum Gasteiger partial charge on any atom is 0.242 e. The van der Waals surface area contributed by atoms with Crippen molar-refractivity contribution < 1.29 is 18.3 Å². The molecular weight excluding hydrogens is 368 g/mol. The SMILES string of the molecule is COc1ccc(NC(=O)C(Sc2ccc(F)c(F)c2)c2ccccc2)cc1. The molecule has 3 aromatic carbocycles. The zero-order valence-corrected chi connectivity index (χ0v) is 15.3. The summed E-state index contributed by atoms with van der Waals surface area (Å²) in [4.78, 5) is 13.4. The molecule has 1 unspecified atom stereocenters. The van der Waals surface area contributed by atoms with Crippen LogP contribution >= 0.6 is 11.8 Å². The maximum absolute atomic E-state index is 13.6. The van der Waals surface area contributed by atoms with E-state index < -0.39 is 16.9 Å². The molecule has 0 bridgehead atoms. The topological polar surface area (TPSA) is 38.3 Å². The summed E-state index contributed by atoms with van der Waals surface area (Å²) in [7, 11) is 1.57. The van der Waals surface area contributed by atoms with Crippen molar-refractivity contribution in [3.05, 3.63) is 90.0 Å². The van der Waals surface area contributed by atoms with Crippen molar-refractivity contribution in [1.29, 1.82) is 0 Å². The first kappa shape index (κ1) is 18.9. The number of anilines is 1. The Labute approximate surface area is 160 Å². The Morgan fingerprint density at radius 1 is 0.963 bits per heavy atom. The van der Waals surface area contributed by atoms with Gasteiger partial charge in [-0.05, 0) is 48.0 Å². The van der Waals surface area contributed by atoms with Crippen molar-refractivity contribution in [2.24, 2.45) is 0 Å². The number of rotatable bonds is 6. The number of thioether (sulfide) groups is 1. The largest absolute Gasteiger partial charge is 0.497 e. The van der Waals surface area contributed by atoms with Crippen LogP contribution in [0.1, 0.15) is 10.8 Å². The quantitative estimate of drug-likeness (QED) is 0.574. The molecule has 138 valence electrons. The Morgan fingerprint density at radius 2 is 1.67 bits per heavy atom. The summed E-state index contributed by atoms with van der Waals surface area (Å²) >= 11 is 1.16. The van der Waals surface area contributed by atoms with Crippen LogP contribution in [0.2, 0.25) is 0 Å². The predicted molar refractivity (Wildman–Crippen MR) is 103 cm³/mol. The molecule has 0 aromatic heterocycles. The van der Waals surface area contributed by atoms with Crippen molar-refractivity contribution in [3.63, 3.8) is 0 Å². The lowest BCUT2D eigenvalue weighted by molar-refractivity contribution is -0.115. The molecule has 1 atom stereocenters. The number of carbonyl (C=O) groups excluding carboxylic acids is 1. The van der Waals surface area contributed by atoms with Gasteiger partial charge < -0.3 is 10.1 Å². The van der Waals surface area contributed by atoms with Crippen molar-refractivity contribution >= 4 is 23.4 Å². The highest BCUT2D eigenvalue weighted by Gasteiger charge is 2.22. The summed E-state index contributed by atoms with van der Waals surface area (Å²) in [6.45, 7) is 0. The standard InChI is InChI=1S/C21H17F2NO2S/c1-26-16-9-7-15(8-10-16)24-21(25)20(14-5-3-2-4-6-14)27-17-11-12-18(22)19(23)13-17/h2-13,20H,1H3,(H,24,25). The number of amides is 1. The highest BCUT2D eigenvalue weighted by Crippen LogP contribution is 2.36. The molecule has 3 aromatic rings. The number of halogens is 2. The molecular formula is C21H17F2NO2S. The van der Waals surface area contributed by atoms with Crippen LogP contribution in [0.25, 0.3) is 0 Å². The van der Waals surface area contributed by atoms with E-state index in [-0.39, 0.29) is 5.91 Å². The molecule has 0 radical (unpaired) electrons. The number of methoxy groups -OCH3 is 1. The van der Waals surface area contributed by atoms with Gasteiger partial charge in [-0.3, -0.25) is 4.79 Å². The number of ether oxygens (including phenoxy) is 1. The summed E-state index contributed by atoms with van der Waals surface area (Å²) in [6.07, 6.45) is 0. The Balaban J connectivity index is 1.84. The third-order valence-corrected chi connectivity index (χ3v) is 5.09. The molecule has 0 aliphatic carbocycles. The van der Waals surface area contributed by atoms with Crippen molar-refractivity contribution in [1.82, 2.24) is 0 Å². The van der Waals surface area contributed by atoms with Crippen molar-refractivity contribution in [3.8, 4) is 5.75 Å². The van der Waals surface area contributed by atoms with Gasteiger partial charge in [0.25, 0.3) is 0 Å². The van der Waals surface area contributed by atoms with E-state index in [9.17, 15) is 13.6 Å². The Kier molecular flexibility index (Phi) is 6.08. The van der Waals surface area contributed by atoms with Gasteiger partial charge in [-0.25, -0.2) is 8.78 Å². The molecule has 1 amide bonds. The lowest BCUT2D eigenvalue weighted by Gasteiger charge is -2.17. The van der Waals surface area contributed by atoms with E-state index in [2.05, 4.69) is 5.32 Å². The third kappa shape index (κ3) is 4.86. The van der Waals surface area contributed by atoms with Gasteiger partial charge in [-0.2, -0.15) is 0 Å². The van der Waals surface area contributed by atoms with Gasteiger partial charge in [0.05, 0.1) is 7.11 Å². The summed E-state index contributed by atoms with van der Waals surface area (Å²) in [5.41, 5.74) is 1.38. The number of benzene rings is 3. The lowest BCUT2D eigenvalue weighted by Crippen LogP contribution is -2.19. The van der Waals surface area contributed by atoms with E-state index >= 15 is 0 Å². The molecule has 0 aliphatic rings. The number of hydrogen-bond acceptors (Lipinski definition) is 3. The van der Waals surface area contributed by atoms with E-state index in [1.165, 1.54) is 6.07 Å². The first-order valence-electron chi connectivity index (χ1n) is 8.18. The van der Waals surface area contributed by atoms with Crippen LogP contribution in [0.3, 0.4) is 0 Å². The summed E-state index contributed by atoms with van der Waals surface area (Å²) in [5, 5.41) is 2.23. The second-order valence-electron chi connectivity index (χ2n) is 5.70. The van der Waals surface area contributed by atoms with Crippen LogP contribution < -0.4 is 10.1 Å². The van der Waals surface area contributed by atoms with E-state index in [1.807, 2.05) is 30.3 Å². The molecule has 0 aliphatic heterocycles. The molecule has 0 spiro atoms. The van der Waals surface area contributed by atoms with Gasteiger partial charge in [0.15, 0.2) is 11.6 Å². The smallest absolute Gasteiger partial charge is 0.242 e. The molecule has 3 nitrogen and oxygen atoms in total. The van der Waals surface area contributed by atoms with Gasteiger partial charge in [0.2, 0.25) is 5.91 Å². The van der Waals surface area contributed by atoms with Crippen LogP contribution in [0.5, 0.6) is 5.75 Å². The molecule has 0 fully saturated rings. The first-order valence-corrected chi connectivity index (χ1v) is 9.06. The zero-order chi connectivity index (χ0) is 19.2. The third-order valence-electron chi connectivity index (χ3n) is 3.84. The molecule has 0 saturated carbocycles. The van der Waals surface area contributed by atoms with Crippen molar-refractivity contribution in [2.45, 2.75) is 10.1 Å². The van der Waals surface area contributed by atoms with Gasteiger partial charge in [0, 0.05) is 10.6 Å². The average Bonchev–Trinajstić information content (AvgIpc) is 2.70. The fraction of sp³-hybridized carbons (Fsp3) is 0.0952. The van der Waals surface area contributed by atoms with Crippen LogP contribution in [-0.4, -0.2) is 13.0 Å². The number of carbonyl (C=O) groups is 1. The first-order chi connectivity index (χ1) is 13.1. The predicted octanol–water partition coefficient (Wildman–Crippen LogP) is 5.45. The molecule has 0 saturated heterocycles. The van der Waals surface area contributed by atoms with E-state index in [4.69, 9.17) is 4.74 Å². The van der Waals surface area contributed by atoms with Gasteiger partial charge in [-0.15, -0.1) is 11.8 Å². The fourth-order valence-electron chi connectivity index (χ4n) is 2.47. The molecule has 27 heavy (non-hydrogen) atoms. The van der Waals surface area contributed by atoms with E-state index in [0.29, 0.717) is 16.3 Å². The highest BCUT2D eigenvalue weighted by molar-refractivity contribution is 8.00. The molecule has 0 heterocycles. The second-order valence-corrected chi connectivity index (χ2v) is 6.88.